The summed E-state index contributed by atoms with van der Waals surface area (Å²) in [4.78, 5) is 16.3. The summed E-state index contributed by atoms with van der Waals surface area (Å²) >= 11 is 5.83. The zero-order valence-corrected chi connectivity index (χ0v) is 12.0. The molecule has 1 fully saturated rings. The van der Waals surface area contributed by atoms with Crippen LogP contribution in [0.25, 0.3) is 0 Å². The summed E-state index contributed by atoms with van der Waals surface area (Å²) in [6.07, 6.45) is 0.971. The second-order valence-electron chi connectivity index (χ2n) is 4.92. The number of rotatable bonds is 2. The molecule has 0 bridgehead atoms. The highest BCUT2D eigenvalue weighted by Gasteiger charge is 2.28. The van der Waals surface area contributed by atoms with E-state index in [1.54, 1.807) is 4.90 Å². The molecule has 1 amide bonds. The first-order valence-corrected chi connectivity index (χ1v) is 6.85. The Morgan fingerprint density at radius 2 is 2.21 bits per heavy atom. The Kier molecular flexibility index (Phi) is 4.42. The molecule has 0 radical (unpaired) electrons. The Bertz CT molecular complexity index is 481. The van der Waals surface area contributed by atoms with Crippen LogP contribution in [-0.2, 0) is 0 Å². The van der Waals surface area contributed by atoms with Gasteiger partial charge < -0.3 is 4.90 Å². The van der Waals surface area contributed by atoms with E-state index in [0.717, 1.165) is 13.0 Å². The Balaban J connectivity index is 2.18. The molecule has 0 aliphatic carbocycles. The van der Waals surface area contributed by atoms with Crippen molar-refractivity contribution in [1.29, 1.82) is 0 Å². The minimum Gasteiger partial charge on any atom is -0.336 e. The van der Waals surface area contributed by atoms with Crippen molar-refractivity contribution in [3.8, 4) is 0 Å². The van der Waals surface area contributed by atoms with E-state index in [9.17, 15) is 9.18 Å². The Labute approximate surface area is 117 Å². The van der Waals surface area contributed by atoms with E-state index < -0.39 is 5.82 Å². The predicted octanol–water partition coefficient (Wildman–Crippen LogP) is 2.65. The third-order valence-corrected chi connectivity index (χ3v) is 3.93. The molecule has 1 heterocycles. The predicted molar refractivity (Wildman–Crippen MR) is 74.0 cm³/mol. The van der Waals surface area contributed by atoms with E-state index in [1.807, 2.05) is 0 Å². The van der Waals surface area contributed by atoms with Crippen LogP contribution in [0, 0.1) is 5.82 Å². The van der Waals surface area contributed by atoms with Gasteiger partial charge in [0, 0.05) is 30.7 Å². The largest absolute Gasteiger partial charge is 0.336 e. The molecule has 1 aliphatic rings. The van der Waals surface area contributed by atoms with Crippen LogP contribution in [0.3, 0.4) is 0 Å². The first-order valence-electron chi connectivity index (χ1n) is 6.47. The SMILES string of the molecule is CCC1CN(C(=O)c2cc(Cl)ccc2F)CCN1C. The lowest BCUT2D eigenvalue weighted by Gasteiger charge is -2.39. The van der Waals surface area contributed by atoms with Gasteiger partial charge in [0.2, 0.25) is 0 Å². The molecule has 5 heteroatoms. The molecular formula is C14H18ClFN2O. The molecule has 3 nitrogen and oxygen atoms in total. The standard InChI is InChI=1S/C14H18ClFN2O/c1-3-11-9-18(7-6-17(11)2)14(19)12-8-10(15)4-5-13(12)16/h4-5,8,11H,3,6-7,9H2,1-2H3. The normalized spacial score (nSPS) is 20.6. The lowest BCUT2D eigenvalue weighted by Crippen LogP contribution is -2.53. The van der Waals surface area contributed by atoms with Gasteiger partial charge in [0.05, 0.1) is 5.56 Å². The van der Waals surface area contributed by atoms with Gasteiger partial charge in [-0.2, -0.15) is 0 Å². The van der Waals surface area contributed by atoms with Gasteiger partial charge >= 0.3 is 0 Å². The number of hydrogen-bond acceptors (Lipinski definition) is 2. The average molecular weight is 285 g/mol. The van der Waals surface area contributed by atoms with Crippen molar-refractivity contribution in [3.05, 3.63) is 34.6 Å². The number of likely N-dealkylation sites (N-methyl/N-ethyl adjacent to an activating group) is 1. The average Bonchev–Trinajstić information content (AvgIpc) is 2.41. The van der Waals surface area contributed by atoms with Gasteiger partial charge in [0.1, 0.15) is 5.82 Å². The molecule has 104 valence electrons. The zero-order chi connectivity index (χ0) is 14.0. The molecule has 1 atom stereocenters. The number of amides is 1. The molecule has 1 aromatic rings. The smallest absolute Gasteiger partial charge is 0.256 e. The number of halogens is 2. The number of hydrogen-bond donors (Lipinski definition) is 0. The molecular weight excluding hydrogens is 267 g/mol. The van der Waals surface area contributed by atoms with Crippen molar-refractivity contribution < 1.29 is 9.18 Å². The second-order valence-corrected chi connectivity index (χ2v) is 5.35. The van der Waals surface area contributed by atoms with Crippen LogP contribution in [-0.4, -0.2) is 48.4 Å². The lowest BCUT2D eigenvalue weighted by atomic mass is 10.1. The molecule has 0 spiro atoms. The van der Waals surface area contributed by atoms with Gasteiger partial charge in [-0.3, -0.25) is 9.69 Å². The van der Waals surface area contributed by atoms with Crippen LogP contribution in [0.2, 0.25) is 5.02 Å². The highest BCUT2D eigenvalue weighted by Crippen LogP contribution is 2.19. The number of benzene rings is 1. The third-order valence-electron chi connectivity index (χ3n) is 3.69. The van der Waals surface area contributed by atoms with Crippen molar-refractivity contribution in [2.75, 3.05) is 26.7 Å². The van der Waals surface area contributed by atoms with Gasteiger partial charge in [0.15, 0.2) is 0 Å². The molecule has 2 rings (SSSR count). The summed E-state index contributed by atoms with van der Waals surface area (Å²) in [5, 5.41) is 0.380. The molecule has 0 aromatic heterocycles. The van der Waals surface area contributed by atoms with Crippen LogP contribution in [0.1, 0.15) is 23.7 Å². The molecule has 0 N–H and O–H groups in total. The summed E-state index contributed by atoms with van der Waals surface area (Å²) in [7, 11) is 2.05. The Morgan fingerprint density at radius 1 is 1.47 bits per heavy atom. The van der Waals surface area contributed by atoms with Crippen molar-refractivity contribution >= 4 is 17.5 Å². The second kappa shape index (κ2) is 5.88. The van der Waals surface area contributed by atoms with Gasteiger partial charge in [0.25, 0.3) is 5.91 Å². The first kappa shape index (κ1) is 14.3. The van der Waals surface area contributed by atoms with Crippen LogP contribution >= 0.6 is 11.6 Å². The molecule has 1 aromatic carbocycles. The molecule has 1 saturated heterocycles. The van der Waals surface area contributed by atoms with Gasteiger partial charge in [-0.05, 0) is 31.7 Å². The Morgan fingerprint density at radius 3 is 2.89 bits per heavy atom. The minimum absolute atomic E-state index is 0.0620. The van der Waals surface area contributed by atoms with E-state index in [4.69, 9.17) is 11.6 Å². The quantitative estimate of drug-likeness (QED) is 0.833. The van der Waals surface area contributed by atoms with Crippen LogP contribution in [0.4, 0.5) is 4.39 Å². The molecule has 1 unspecified atom stereocenters. The fourth-order valence-corrected chi connectivity index (χ4v) is 2.58. The van der Waals surface area contributed by atoms with Gasteiger partial charge in [-0.25, -0.2) is 4.39 Å². The Hall–Kier alpha value is -1.13. The third kappa shape index (κ3) is 3.07. The number of carbonyl (C=O) groups is 1. The van der Waals surface area contributed by atoms with Crippen LogP contribution < -0.4 is 0 Å². The van der Waals surface area contributed by atoms with Crippen molar-refractivity contribution in [2.24, 2.45) is 0 Å². The fourth-order valence-electron chi connectivity index (χ4n) is 2.40. The van der Waals surface area contributed by atoms with Crippen LogP contribution in [0.15, 0.2) is 18.2 Å². The highest BCUT2D eigenvalue weighted by atomic mass is 35.5. The maximum absolute atomic E-state index is 13.7. The maximum atomic E-state index is 13.7. The number of piperazine rings is 1. The maximum Gasteiger partial charge on any atom is 0.256 e. The van der Waals surface area contributed by atoms with Crippen molar-refractivity contribution in [3.63, 3.8) is 0 Å². The minimum atomic E-state index is -0.513. The van der Waals surface area contributed by atoms with E-state index in [2.05, 4.69) is 18.9 Å². The highest BCUT2D eigenvalue weighted by molar-refractivity contribution is 6.31. The summed E-state index contributed by atoms with van der Waals surface area (Å²) in [5.41, 5.74) is 0.0620. The summed E-state index contributed by atoms with van der Waals surface area (Å²) in [6.45, 7) is 4.16. The van der Waals surface area contributed by atoms with Gasteiger partial charge in [-0.15, -0.1) is 0 Å². The molecule has 19 heavy (non-hydrogen) atoms. The summed E-state index contributed by atoms with van der Waals surface area (Å²) < 4.78 is 13.7. The number of nitrogens with zero attached hydrogens (tertiary/aromatic N) is 2. The first-order chi connectivity index (χ1) is 9.02. The topological polar surface area (TPSA) is 23.6 Å². The van der Waals surface area contributed by atoms with Crippen molar-refractivity contribution in [2.45, 2.75) is 19.4 Å². The van der Waals surface area contributed by atoms with E-state index in [0.29, 0.717) is 24.2 Å². The summed E-state index contributed by atoms with van der Waals surface area (Å²) in [6, 6.07) is 4.42. The van der Waals surface area contributed by atoms with E-state index in [-0.39, 0.29) is 11.5 Å². The van der Waals surface area contributed by atoms with E-state index >= 15 is 0 Å². The van der Waals surface area contributed by atoms with Crippen LogP contribution in [0.5, 0.6) is 0 Å². The van der Waals surface area contributed by atoms with Crippen molar-refractivity contribution in [1.82, 2.24) is 9.80 Å². The summed E-state index contributed by atoms with van der Waals surface area (Å²) in [5.74, 6) is -0.784. The number of carbonyl (C=O) groups excluding carboxylic acids is 1. The molecule has 1 aliphatic heterocycles. The monoisotopic (exact) mass is 284 g/mol. The fraction of sp³-hybridized carbons (Fsp3) is 0.500. The van der Waals surface area contributed by atoms with Gasteiger partial charge in [-0.1, -0.05) is 18.5 Å². The molecule has 0 saturated carbocycles. The lowest BCUT2D eigenvalue weighted by molar-refractivity contribution is 0.0537. The van der Waals surface area contributed by atoms with E-state index in [1.165, 1.54) is 18.2 Å². The zero-order valence-electron chi connectivity index (χ0n) is 11.2.